The minimum atomic E-state index is 0. The van der Waals surface area contributed by atoms with E-state index in [1.165, 1.54) is 36.9 Å². The van der Waals surface area contributed by atoms with E-state index in [4.69, 9.17) is 4.74 Å². The molecule has 1 aromatic carbocycles. The third kappa shape index (κ3) is 4.08. The van der Waals surface area contributed by atoms with Crippen LogP contribution in [-0.4, -0.2) is 24.2 Å². The molecule has 0 radical (unpaired) electrons. The number of rotatable bonds is 5. The number of piperidine rings is 1. The quantitative estimate of drug-likeness (QED) is 0.847. The normalized spacial score (nSPS) is 18.7. The van der Waals surface area contributed by atoms with Crippen LogP contribution in [0, 0.1) is 0 Å². The molecule has 1 aromatic heterocycles. The van der Waals surface area contributed by atoms with E-state index in [2.05, 4.69) is 16.4 Å². The first-order valence-electron chi connectivity index (χ1n) is 7.13. The van der Waals surface area contributed by atoms with Crippen LogP contribution in [0.15, 0.2) is 24.3 Å². The van der Waals surface area contributed by atoms with E-state index in [1.807, 2.05) is 18.2 Å². The number of fused-ring (bicyclic) bond motifs is 1. The van der Waals surface area contributed by atoms with Crippen LogP contribution in [0.3, 0.4) is 0 Å². The molecule has 110 valence electrons. The van der Waals surface area contributed by atoms with Gasteiger partial charge in [0.25, 0.3) is 5.19 Å². The Morgan fingerprint density at radius 2 is 2.20 bits per heavy atom. The SMILES string of the molecule is Cl.c1ccc2sc(OCCCC3CCCCN3)nc2c1. The largest absolute Gasteiger partial charge is 0.470 e. The van der Waals surface area contributed by atoms with Crippen LogP contribution in [0.1, 0.15) is 32.1 Å². The highest BCUT2D eigenvalue weighted by atomic mass is 35.5. The van der Waals surface area contributed by atoms with Gasteiger partial charge in [-0.3, -0.25) is 0 Å². The summed E-state index contributed by atoms with van der Waals surface area (Å²) in [7, 11) is 0. The molecule has 1 fully saturated rings. The van der Waals surface area contributed by atoms with Gasteiger partial charge in [-0.2, -0.15) is 0 Å². The van der Waals surface area contributed by atoms with E-state index in [0.717, 1.165) is 23.7 Å². The molecule has 1 unspecified atom stereocenters. The lowest BCUT2D eigenvalue weighted by Crippen LogP contribution is -2.34. The Balaban J connectivity index is 0.00000147. The Morgan fingerprint density at radius 1 is 1.30 bits per heavy atom. The Morgan fingerprint density at radius 3 is 3.00 bits per heavy atom. The summed E-state index contributed by atoms with van der Waals surface area (Å²) < 4.78 is 6.96. The summed E-state index contributed by atoms with van der Waals surface area (Å²) >= 11 is 1.63. The van der Waals surface area contributed by atoms with E-state index < -0.39 is 0 Å². The molecule has 1 aliphatic heterocycles. The van der Waals surface area contributed by atoms with Gasteiger partial charge in [-0.1, -0.05) is 29.9 Å². The van der Waals surface area contributed by atoms with Crippen LogP contribution in [0.4, 0.5) is 0 Å². The maximum Gasteiger partial charge on any atom is 0.274 e. The smallest absolute Gasteiger partial charge is 0.274 e. The number of hydrogen-bond donors (Lipinski definition) is 1. The zero-order chi connectivity index (χ0) is 12.9. The van der Waals surface area contributed by atoms with Gasteiger partial charge in [0.2, 0.25) is 0 Å². The molecule has 1 saturated heterocycles. The van der Waals surface area contributed by atoms with E-state index in [9.17, 15) is 0 Å². The van der Waals surface area contributed by atoms with Gasteiger partial charge in [-0.25, -0.2) is 4.98 Å². The van der Waals surface area contributed by atoms with Crippen molar-refractivity contribution in [1.82, 2.24) is 10.3 Å². The lowest BCUT2D eigenvalue weighted by molar-refractivity contribution is 0.284. The maximum absolute atomic E-state index is 5.76. The molecule has 0 bridgehead atoms. The molecule has 2 heterocycles. The fraction of sp³-hybridized carbons (Fsp3) is 0.533. The van der Waals surface area contributed by atoms with Crippen molar-refractivity contribution >= 4 is 34.0 Å². The summed E-state index contributed by atoms with van der Waals surface area (Å²) in [5.41, 5.74) is 1.04. The first-order valence-corrected chi connectivity index (χ1v) is 7.95. The fourth-order valence-corrected chi connectivity index (χ4v) is 3.41. The molecule has 20 heavy (non-hydrogen) atoms. The third-order valence-electron chi connectivity index (χ3n) is 3.61. The Bertz CT molecular complexity index is 492. The predicted octanol–water partition coefficient (Wildman–Crippen LogP) is 4.02. The molecule has 1 N–H and O–H groups in total. The summed E-state index contributed by atoms with van der Waals surface area (Å²) in [5.74, 6) is 0. The lowest BCUT2D eigenvalue weighted by Gasteiger charge is -2.23. The Kier molecular flexibility index (Phi) is 6.07. The topological polar surface area (TPSA) is 34.1 Å². The van der Waals surface area contributed by atoms with Crippen LogP contribution >= 0.6 is 23.7 Å². The molecule has 0 amide bonds. The van der Waals surface area contributed by atoms with E-state index in [0.29, 0.717) is 6.04 Å². The molecule has 0 saturated carbocycles. The highest BCUT2D eigenvalue weighted by Gasteiger charge is 2.12. The molecule has 3 nitrogen and oxygen atoms in total. The number of halogens is 1. The second kappa shape index (κ2) is 7.81. The molecule has 2 aromatic rings. The van der Waals surface area contributed by atoms with E-state index in [1.54, 1.807) is 11.3 Å². The molecule has 5 heteroatoms. The number of aromatic nitrogens is 1. The van der Waals surface area contributed by atoms with Crippen molar-refractivity contribution in [1.29, 1.82) is 0 Å². The fourth-order valence-electron chi connectivity index (χ4n) is 2.57. The van der Waals surface area contributed by atoms with Crippen LogP contribution in [-0.2, 0) is 0 Å². The number of nitrogens with zero attached hydrogens (tertiary/aromatic N) is 1. The average molecular weight is 313 g/mol. The van der Waals surface area contributed by atoms with Crippen molar-refractivity contribution in [3.8, 4) is 5.19 Å². The highest BCUT2D eigenvalue weighted by Crippen LogP contribution is 2.27. The summed E-state index contributed by atoms with van der Waals surface area (Å²) in [5, 5.41) is 4.37. The van der Waals surface area contributed by atoms with Crippen LogP contribution in [0.25, 0.3) is 10.2 Å². The number of para-hydroxylation sites is 1. The van der Waals surface area contributed by atoms with Gasteiger partial charge in [0.15, 0.2) is 0 Å². The molecule has 3 rings (SSSR count). The Labute approximate surface area is 130 Å². The first kappa shape index (κ1) is 15.5. The van der Waals surface area contributed by atoms with Crippen LogP contribution in [0.5, 0.6) is 5.19 Å². The summed E-state index contributed by atoms with van der Waals surface area (Å²) in [6, 6.07) is 8.88. The van der Waals surface area contributed by atoms with Gasteiger partial charge in [0, 0.05) is 6.04 Å². The van der Waals surface area contributed by atoms with Crippen molar-refractivity contribution in [3.63, 3.8) is 0 Å². The van der Waals surface area contributed by atoms with Gasteiger partial charge in [-0.15, -0.1) is 12.4 Å². The number of ether oxygens (including phenoxy) is 1. The number of nitrogens with one attached hydrogen (secondary N) is 1. The highest BCUT2D eigenvalue weighted by molar-refractivity contribution is 7.20. The monoisotopic (exact) mass is 312 g/mol. The summed E-state index contributed by atoms with van der Waals surface area (Å²) in [6.07, 6.45) is 6.34. The second-order valence-corrected chi connectivity index (χ2v) is 6.08. The van der Waals surface area contributed by atoms with Crippen molar-refractivity contribution in [3.05, 3.63) is 24.3 Å². The molecular weight excluding hydrogens is 292 g/mol. The second-order valence-electron chi connectivity index (χ2n) is 5.09. The average Bonchev–Trinajstić information content (AvgIpc) is 2.87. The van der Waals surface area contributed by atoms with Gasteiger partial charge >= 0.3 is 0 Å². The zero-order valence-electron chi connectivity index (χ0n) is 11.5. The number of thiazole rings is 1. The molecular formula is C15H21ClN2OS. The van der Waals surface area contributed by atoms with Gasteiger partial charge in [-0.05, 0) is 44.4 Å². The summed E-state index contributed by atoms with van der Waals surface area (Å²) in [4.78, 5) is 4.48. The van der Waals surface area contributed by atoms with Gasteiger partial charge in [0.05, 0.1) is 16.8 Å². The van der Waals surface area contributed by atoms with Gasteiger partial charge < -0.3 is 10.1 Å². The first-order chi connectivity index (χ1) is 9.42. The molecule has 1 atom stereocenters. The number of benzene rings is 1. The molecule has 0 aliphatic carbocycles. The molecule has 1 aliphatic rings. The van der Waals surface area contributed by atoms with Crippen molar-refractivity contribution in [2.24, 2.45) is 0 Å². The van der Waals surface area contributed by atoms with Crippen LogP contribution < -0.4 is 10.1 Å². The van der Waals surface area contributed by atoms with Crippen molar-refractivity contribution in [2.75, 3.05) is 13.2 Å². The van der Waals surface area contributed by atoms with E-state index >= 15 is 0 Å². The lowest BCUT2D eigenvalue weighted by atomic mass is 10.0. The van der Waals surface area contributed by atoms with Crippen molar-refractivity contribution in [2.45, 2.75) is 38.1 Å². The third-order valence-corrected chi connectivity index (χ3v) is 4.56. The zero-order valence-corrected chi connectivity index (χ0v) is 13.1. The molecule has 0 spiro atoms. The van der Waals surface area contributed by atoms with Gasteiger partial charge in [0.1, 0.15) is 0 Å². The van der Waals surface area contributed by atoms with Crippen LogP contribution in [0.2, 0.25) is 0 Å². The maximum atomic E-state index is 5.76. The minimum absolute atomic E-state index is 0. The van der Waals surface area contributed by atoms with Crippen molar-refractivity contribution < 1.29 is 4.74 Å². The standard InChI is InChI=1S/C15H20N2OS.ClH/c1-2-9-14-13(8-1)17-15(19-14)18-11-5-7-12-6-3-4-10-16-12;/h1-2,8-9,12,16H,3-7,10-11H2;1H. The predicted molar refractivity (Wildman–Crippen MR) is 87.2 cm³/mol. The number of hydrogen-bond acceptors (Lipinski definition) is 4. The van der Waals surface area contributed by atoms with E-state index in [-0.39, 0.29) is 12.4 Å². The Hall–Kier alpha value is -0.840. The minimum Gasteiger partial charge on any atom is -0.470 e. The summed E-state index contributed by atoms with van der Waals surface area (Å²) in [6.45, 7) is 1.96.